The number of epoxide rings is 1. The molecule has 0 bridgehead atoms. The number of rotatable bonds is 9. The summed E-state index contributed by atoms with van der Waals surface area (Å²) in [6, 6.07) is 8.71. The maximum atomic E-state index is 12.7. The van der Waals surface area contributed by atoms with Crippen molar-refractivity contribution in [2.24, 2.45) is 0 Å². The zero-order chi connectivity index (χ0) is 20.0. The van der Waals surface area contributed by atoms with Gasteiger partial charge >= 0.3 is 0 Å². The molecule has 3 rings (SSSR count). The highest BCUT2D eigenvalue weighted by Crippen LogP contribution is 2.26. The molecule has 2 amide bonds. The van der Waals surface area contributed by atoms with E-state index in [1.165, 1.54) is 0 Å². The van der Waals surface area contributed by atoms with Crippen molar-refractivity contribution in [2.45, 2.75) is 25.0 Å². The van der Waals surface area contributed by atoms with Crippen molar-refractivity contribution in [1.29, 1.82) is 0 Å². The van der Waals surface area contributed by atoms with Crippen molar-refractivity contribution in [3.8, 4) is 0 Å². The number of carbonyl (C=O) groups excluding carboxylic acids is 3. The highest BCUT2D eigenvalue weighted by molar-refractivity contribution is 5.95. The van der Waals surface area contributed by atoms with E-state index in [-0.39, 0.29) is 30.7 Å². The van der Waals surface area contributed by atoms with Crippen LogP contribution >= 0.6 is 0 Å². The molecule has 0 unspecified atom stereocenters. The molecule has 2 aliphatic heterocycles. The number of amides is 2. The molecule has 2 N–H and O–H groups in total. The molecule has 2 atom stereocenters. The molecule has 0 spiro atoms. The Bertz CT molecular complexity index is 699. The Kier molecular flexibility index (Phi) is 6.77. The van der Waals surface area contributed by atoms with Gasteiger partial charge in [-0.3, -0.25) is 19.3 Å². The van der Waals surface area contributed by atoms with Crippen LogP contribution in [0.4, 0.5) is 0 Å². The summed E-state index contributed by atoms with van der Waals surface area (Å²) >= 11 is 0. The molecule has 28 heavy (non-hydrogen) atoms. The number of morpholine rings is 1. The summed E-state index contributed by atoms with van der Waals surface area (Å²) in [6.07, 6.45) is 0.351. The third-order valence-electron chi connectivity index (χ3n) is 5.00. The van der Waals surface area contributed by atoms with Crippen LogP contribution in [0.2, 0.25) is 0 Å². The standard InChI is InChI=1S/C20H27N3O5/c1-20(14-28-20)17(24)12-21-19(26)16(11-15-5-3-2-4-6-15)22-18(25)13-23-7-9-27-10-8-23/h2-6,16H,7-14H2,1H3,(H,21,26)(H,22,25)/t16-,20+/m0/s1. The summed E-state index contributed by atoms with van der Waals surface area (Å²) < 4.78 is 10.4. The second kappa shape index (κ2) is 9.27. The highest BCUT2D eigenvalue weighted by atomic mass is 16.6. The van der Waals surface area contributed by atoms with Crippen LogP contribution in [0.3, 0.4) is 0 Å². The maximum absolute atomic E-state index is 12.7. The predicted molar refractivity (Wildman–Crippen MR) is 102 cm³/mol. The van der Waals surface area contributed by atoms with Crippen molar-refractivity contribution in [3.05, 3.63) is 35.9 Å². The van der Waals surface area contributed by atoms with E-state index in [2.05, 4.69) is 10.6 Å². The Morgan fingerprint density at radius 3 is 2.50 bits per heavy atom. The largest absolute Gasteiger partial charge is 0.379 e. The van der Waals surface area contributed by atoms with Gasteiger partial charge in [0, 0.05) is 19.5 Å². The van der Waals surface area contributed by atoms with Crippen LogP contribution in [-0.4, -0.2) is 80.1 Å². The molecule has 0 aliphatic carbocycles. The summed E-state index contributed by atoms with van der Waals surface area (Å²) in [5.74, 6) is -0.766. The van der Waals surface area contributed by atoms with E-state index in [4.69, 9.17) is 9.47 Å². The molecule has 1 aromatic rings. The number of ether oxygens (including phenoxy) is 2. The van der Waals surface area contributed by atoms with Crippen LogP contribution in [0.15, 0.2) is 30.3 Å². The molecule has 2 heterocycles. The third-order valence-corrected chi connectivity index (χ3v) is 5.00. The summed E-state index contributed by atoms with van der Waals surface area (Å²) in [5.41, 5.74) is 0.153. The van der Waals surface area contributed by atoms with Crippen LogP contribution in [0.25, 0.3) is 0 Å². The molecular formula is C20H27N3O5. The Hall–Kier alpha value is -2.29. The second-order valence-corrected chi connectivity index (χ2v) is 7.36. The van der Waals surface area contributed by atoms with Crippen LogP contribution < -0.4 is 10.6 Å². The lowest BCUT2D eigenvalue weighted by Crippen LogP contribution is -2.52. The van der Waals surface area contributed by atoms with Crippen molar-refractivity contribution in [1.82, 2.24) is 15.5 Å². The molecule has 2 fully saturated rings. The Morgan fingerprint density at radius 2 is 1.86 bits per heavy atom. The van der Waals surface area contributed by atoms with E-state index in [1.807, 2.05) is 35.2 Å². The number of nitrogens with one attached hydrogen (secondary N) is 2. The van der Waals surface area contributed by atoms with E-state index in [0.717, 1.165) is 5.56 Å². The molecule has 152 valence electrons. The average Bonchev–Trinajstić information content (AvgIpc) is 3.45. The number of hydrogen-bond acceptors (Lipinski definition) is 6. The lowest BCUT2D eigenvalue weighted by Gasteiger charge is -2.27. The summed E-state index contributed by atoms with van der Waals surface area (Å²) in [4.78, 5) is 39.2. The monoisotopic (exact) mass is 389 g/mol. The van der Waals surface area contributed by atoms with Gasteiger partial charge in [-0.15, -0.1) is 0 Å². The van der Waals surface area contributed by atoms with Gasteiger partial charge in [0.1, 0.15) is 11.6 Å². The fourth-order valence-electron chi connectivity index (χ4n) is 3.01. The zero-order valence-electron chi connectivity index (χ0n) is 16.1. The highest BCUT2D eigenvalue weighted by Gasteiger charge is 2.46. The fourth-order valence-corrected chi connectivity index (χ4v) is 3.01. The van der Waals surface area contributed by atoms with Crippen molar-refractivity contribution < 1.29 is 23.9 Å². The number of hydrogen-bond donors (Lipinski definition) is 2. The van der Waals surface area contributed by atoms with Gasteiger partial charge in [0.2, 0.25) is 11.8 Å². The van der Waals surface area contributed by atoms with Crippen molar-refractivity contribution >= 4 is 17.6 Å². The molecule has 2 aliphatic rings. The molecule has 0 aromatic heterocycles. The molecule has 8 nitrogen and oxygen atoms in total. The smallest absolute Gasteiger partial charge is 0.243 e. The number of benzene rings is 1. The number of nitrogens with zero attached hydrogens (tertiary/aromatic N) is 1. The first-order valence-corrected chi connectivity index (χ1v) is 9.55. The lowest BCUT2D eigenvalue weighted by molar-refractivity contribution is -0.131. The second-order valence-electron chi connectivity index (χ2n) is 7.36. The zero-order valence-corrected chi connectivity index (χ0v) is 16.1. The van der Waals surface area contributed by atoms with Crippen molar-refractivity contribution in [3.63, 3.8) is 0 Å². The summed E-state index contributed by atoms with van der Waals surface area (Å²) in [7, 11) is 0. The topological polar surface area (TPSA) is 100 Å². The Balaban J connectivity index is 1.57. The fraction of sp³-hybridized carbons (Fsp3) is 0.550. The van der Waals surface area contributed by atoms with Gasteiger partial charge < -0.3 is 20.1 Å². The normalized spacial score (nSPS) is 22.9. The van der Waals surface area contributed by atoms with Gasteiger partial charge in [-0.25, -0.2) is 0 Å². The summed E-state index contributed by atoms with van der Waals surface area (Å²) in [6.45, 7) is 4.77. The Morgan fingerprint density at radius 1 is 1.18 bits per heavy atom. The van der Waals surface area contributed by atoms with E-state index in [0.29, 0.717) is 39.3 Å². The number of Topliss-reactive ketones (excluding diaryl/α,β-unsaturated/α-hetero) is 1. The van der Waals surface area contributed by atoms with E-state index in [1.54, 1.807) is 6.92 Å². The number of carbonyl (C=O) groups is 3. The summed E-state index contributed by atoms with van der Waals surface area (Å²) in [5, 5.41) is 5.46. The third kappa shape index (κ3) is 5.85. The van der Waals surface area contributed by atoms with E-state index in [9.17, 15) is 14.4 Å². The van der Waals surface area contributed by atoms with Crippen LogP contribution in [-0.2, 0) is 30.3 Å². The first-order chi connectivity index (χ1) is 13.5. The predicted octanol–water partition coefficient (Wildman–Crippen LogP) is -0.480. The maximum Gasteiger partial charge on any atom is 0.243 e. The van der Waals surface area contributed by atoms with E-state index < -0.39 is 11.6 Å². The molecule has 1 aromatic carbocycles. The first kappa shape index (κ1) is 20.4. The van der Waals surface area contributed by atoms with Gasteiger partial charge in [-0.1, -0.05) is 30.3 Å². The molecular weight excluding hydrogens is 362 g/mol. The Labute approximate surface area is 164 Å². The van der Waals surface area contributed by atoms with Crippen LogP contribution in [0.1, 0.15) is 12.5 Å². The van der Waals surface area contributed by atoms with Crippen LogP contribution in [0, 0.1) is 0 Å². The molecule has 0 saturated carbocycles. The minimum atomic E-state index is -0.776. The lowest BCUT2D eigenvalue weighted by atomic mass is 10.0. The first-order valence-electron chi connectivity index (χ1n) is 9.55. The van der Waals surface area contributed by atoms with Crippen molar-refractivity contribution in [2.75, 3.05) is 46.0 Å². The van der Waals surface area contributed by atoms with Crippen LogP contribution in [0.5, 0.6) is 0 Å². The SMILES string of the molecule is C[C@]1(C(=O)CNC(=O)[C@H](Cc2ccccc2)NC(=O)CN2CCOCC2)CO1. The van der Waals surface area contributed by atoms with Gasteiger partial charge in [-0.2, -0.15) is 0 Å². The minimum Gasteiger partial charge on any atom is -0.379 e. The van der Waals surface area contributed by atoms with E-state index >= 15 is 0 Å². The van der Waals surface area contributed by atoms with Gasteiger partial charge in [-0.05, 0) is 12.5 Å². The quantitative estimate of drug-likeness (QED) is 0.554. The number of ketones is 1. The minimum absolute atomic E-state index is 0.111. The van der Waals surface area contributed by atoms with Gasteiger partial charge in [0.15, 0.2) is 5.78 Å². The average molecular weight is 389 g/mol. The molecule has 0 radical (unpaired) electrons. The van der Waals surface area contributed by atoms with Gasteiger partial charge in [0.25, 0.3) is 0 Å². The van der Waals surface area contributed by atoms with Gasteiger partial charge in [0.05, 0.1) is 32.9 Å². The molecule has 2 saturated heterocycles. The molecule has 8 heteroatoms.